The van der Waals surface area contributed by atoms with E-state index in [1.165, 1.54) is 18.3 Å². The number of aromatic nitrogens is 1. The van der Waals surface area contributed by atoms with E-state index in [0.717, 1.165) is 12.1 Å². The van der Waals surface area contributed by atoms with Crippen LogP contribution >= 0.6 is 11.6 Å². The number of nitrogens with one attached hydrogen (secondary N) is 1. The molecule has 1 aromatic carbocycles. The van der Waals surface area contributed by atoms with Crippen LogP contribution in [0.3, 0.4) is 0 Å². The number of benzene rings is 1. The molecule has 0 aliphatic carbocycles. The maximum atomic E-state index is 13.5. The lowest BCUT2D eigenvalue weighted by atomic mass is 10.2. The largest absolute Gasteiger partial charge is 0.365 e. The third kappa shape index (κ3) is 2.79. The number of pyridine rings is 1. The lowest BCUT2D eigenvalue weighted by Crippen LogP contribution is -2.16. The number of carbonyl (C=O) groups is 1. The molecular weight excluding hydrogens is 276 g/mol. The molecule has 0 saturated heterocycles. The zero-order valence-electron chi connectivity index (χ0n) is 9.45. The van der Waals surface area contributed by atoms with Crippen molar-refractivity contribution in [3.8, 4) is 0 Å². The zero-order valence-corrected chi connectivity index (χ0v) is 10.2. The molecule has 0 aliphatic rings. The summed E-state index contributed by atoms with van der Waals surface area (Å²) < 4.78 is 26.5. The first-order chi connectivity index (χ1) is 8.99. The number of rotatable bonds is 3. The Morgan fingerprint density at radius 3 is 2.63 bits per heavy atom. The fraction of sp³-hybridized carbons (Fsp3) is 0. The highest BCUT2D eigenvalue weighted by atomic mass is 35.5. The van der Waals surface area contributed by atoms with Gasteiger partial charge < -0.3 is 11.1 Å². The average Bonchev–Trinajstić information content (AvgIpc) is 2.33. The van der Waals surface area contributed by atoms with Crippen LogP contribution in [0.5, 0.6) is 0 Å². The third-order valence-electron chi connectivity index (χ3n) is 2.33. The van der Waals surface area contributed by atoms with E-state index in [1.54, 1.807) is 0 Å². The van der Waals surface area contributed by atoms with Gasteiger partial charge in [0.2, 0.25) is 0 Å². The first-order valence-corrected chi connectivity index (χ1v) is 5.53. The van der Waals surface area contributed by atoms with Crippen molar-refractivity contribution in [2.45, 2.75) is 0 Å². The van der Waals surface area contributed by atoms with Gasteiger partial charge in [0.25, 0.3) is 5.91 Å². The van der Waals surface area contributed by atoms with E-state index in [2.05, 4.69) is 10.3 Å². The highest BCUT2D eigenvalue weighted by Gasteiger charge is 2.15. The molecule has 1 amide bonds. The number of nitrogens with two attached hydrogens (primary N) is 1. The Kier molecular flexibility index (Phi) is 3.62. The van der Waals surface area contributed by atoms with Gasteiger partial charge in [0.1, 0.15) is 23.0 Å². The molecule has 1 aromatic heterocycles. The Bertz CT molecular complexity index is 649. The van der Waals surface area contributed by atoms with Crippen molar-refractivity contribution >= 4 is 29.0 Å². The first kappa shape index (κ1) is 13.2. The van der Waals surface area contributed by atoms with Crippen LogP contribution in [0.1, 0.15) is 10.4 Å². The Labute approximate surface area is 112 Å². The van der Waals surface area contributed by atoms with Gasteiger partial charge in [-0.3, -0.25) is 4.79 Å². The molecule has 0 fully saturated rings. The van der Waals surface area contributed by atoms with E-state index in [0.29, 0.717) is 5.69 Å². The molecule has 7 heteroatoms. The monoisotopic (exact) mass is 283 g/mol. The van der Waals surface area contributed by atoms with Crippen molar-refractivity contribution in [2.75, 3.05) is 5.32 Å². The van der Waals surface area contributed by atoms with Gasteiger partial charge in [-0.2, -0.15) is 0 Å². The Morgan fingerprint density at radius 1 is 1.26 bits per heavy atom. The van der Waals surface area contributed by atoms with Crippen LogP contribution in [-0.2, 0) is 0 Å². The molecule has 0 bridgehead atoms. The van der Waals surface area contributed by atoms with Crippen molar-refractivity contribution in [1.29, 1.82) is 0 Å². The van der Waals surface area contributed by atoms with Crippen LogP contribution in [-0.4, -0.2) is 10.9 Å². The van der Waals surface area contributed by atoms with Crippen molar-refractivity contribution < 1.29 is 13.6 Å². The fourth-order valence-corrected chi connectivity index (χ4v) is 1.66. The predicted molar refractivity (Wildman–Crippen MR) is 67.4 cm³/mol. The minimum atomic E-state index is -0.957. The lowest BCUT2D eigenvalue weighted by Gasteiger charge is -2.09. The van der Waals surface area contributed by atoms with Crippen LogP contribution in [0.25, 0.3) is 0 Å². The summed E-state index contributed by atoms with van der Waals surface area (Å²) in [5.74, 6) is -2.40. The second kappa shape index (κ2) is 5.19. The normalized spacial score (nSPS) is 10.3. The second-order valence-electron chi connectivity index (χ2n) is 3.63. The number of halogens is 3. The van der Waals surface area contributed by atoms with Crippen molar-refractivity contribution in [3.05, 3.63) is 52.7 Å². The van der Waals surface area contributed by atoms with Gasteiger partial charge in [-0.25, -0.2) is 13.8 Å². The molecule has 0 atom stereocenters. The summed E-state index contributed by atoms with van der Waals surface area (Å²) >= 11 is 5.61. The lowest BCUT2D eigenvalue weighted by molar-refractivity contribution is 0.0997. The second-order valence-corrected chi connectivity index (χ2v) is 4.04. The SMILES string of the molecule is NC(=O)c1c(F)ccnc1Nc1ccc(F)c(Cl)c1. The number of anilines is 2. The topological polar surface area (TPSA) is 68.0 Å². The summed E-state index contributed by atoms with van der Waals surface area (Å²) in [5, 5.41) is 2.55. The maximum absolute atomic E-state index is 13.5. The quantitative estimate of drug-likeness (QED) is 0.910. The predicted octanol–water partition coefficient (Wildman–Crippen LogP) is 2.86. The minimum absolute atomic E-state index is 0.0600. The van der Waals surface area contributed by atoms with Gasteiger partial charge in [0, 0.05) is 11.9 Å². The van der Waals surface area contributed by atoms with Crippen molar-refractivity contribution in [1.82, 2.24) is 4.98 Å². The Morgan fingerprint density at radius 2 is 2.00 bits per heavy atom. The summed E-state index contributed by atoms with van der Waals surface area (Å²) in [4.78, 5) is 15.0. The van der Waals surface area contributed by atoms with E-state index >= 15 is 0 Å². The molecule has 19 heavy (non-hydrogen) atoms. The van der Waals surface area contributed by atoms with Crippen molar-refractivity contribution in [2.24, 2.45) is 5.73 Å². The summed E-state index contributed by atoms with van der Waals surface area (Å²) in [6.07, 6.45) is 1.18. The summed E-state index contributed by atoms with van der Waals surface area (Å²) in [6, 6.07) is 4.81. The van der Waals surface area contributed by atoms with Crippen LogP contribution in [0.4, 0.5) is 20.3 Å². The van der Waals surface area contributed by atoms with Gasteiger partial charge in [-0.15, -0.1) is 0 Å². The van der Waals surface area contributed by atoms with Gasteiger partial charge >= 0.3 is 0 Å². The van der Waals surface area contributed by atoms with Crippen LogP contribution < -0.4 is 11.1 Å². The van der Waals surface area contributed by atoms with Crippen molar-refractivity contribution in [3.63, 3.8) is 0 Å². The Balaban J connectivity index is 2.40. The molecule has 4 nitrogen and oxygen atoms in total. The maximum Gasteiger partial charge on any atom is 0.255 e. The molecule has 0 spiro atoms. The Hall–Kier alpha value is -2.21. The van der Waals surface area contributed by atoms with E-state index in [-0.39, 0.29) is 16.4 Å². The van der Waals surface area contributed by atoms with E-state index < -0.39 is 17.5 Å². The molecule has 2 rings (SSSR count). The molecule has 3 N–H and O–H groups in total. The van der Waals surface area contributed by atoms with Crippen LogP contribution in [0.15, 0.2) is 30.5 Å². The highest BCUT2D eigenvalue weighted by molar-refractivity contribution is 6.31. The molecule has 0 saturated carbocycles. The van der Waals surface area contributed by atoms with Gasteiger partial charge in [-0.1, -0.05) is 11.6 Å². The van der Waals surface area contributed by atoms with E-state index in [4.69, 9.17) is 17.3 Å². The molecule has 0 radical (unpaired) electrons. The molecule has 2 aromatic rings. The minimum Gasteiger partial charge on any atom is -0.365 e. The third-order valence-corrected chi connectivity index (χ3v) is 2.62. The van der Waals surface area contributed by atoms with Crippen LogP contribution in [0.2, 0.25) is 5.02 Å². The summed E-state index contributed by atoms with van der Waals surface area (Å²) in [7, 11) is 0. The van der Waals surface area contributed by atoms with Gasteiger partial charge in [0.15, 0.2) is 0 Å². The van der Waals surface area contributed by atoms with Gasteiger partial charge in [0.05, 0.1) is 5.02 Å². The molecule has 1 heterocycles. The number of amides is 1. The highest BCUT2D eigenvalue weighted by Crippen LogP contribution is 2.24. The zero-order chi connectivity index (χ0) is 14.0. The molecule has 0 unspecified atom stereocenters. The van der Waals surface area contributed by atoms with Crippen LogP contribution in [0, 0.1) is 11.6 Å². The standard InChI is InChI=1S/C12H8ClF2N3O/c13-7-5-6(1-2-8(7)14)18-12-10(11(16)19)9(15)3-4-17-12/h1-5H,(H2,16,19)(H,17,18). The smallest absolute Gasteiger partial charge is 0.255 e. The molecular formula is C12H8ClF2N3O. The van der Waals surface area contributed by atoms with Gasteiger partial charge in [-0.05, 0) is 24.3 Å². The fourth-order valence-electron chi connectivity index (χ4n) is 1.48. The first-order valence-electron chi connectivity index (χ1n) is 5.15. The summed E-state index contributed by atoms with van der Waals surface area (Å²) in [5.41, 5.74) is 5.06. The molecule has 0 aliphatic heterocycles. The number of hydrogen-bond acceptors (Lipinski definition) is 3. The number of carbonyl (C=O) groups excluding carboxylic acids is 1. The summed E-state index contributed by atoms with van der Waals surface area (Å²) in [6.45, 7) is 0. The number of nitrogens with zero attached hydrogens (tertiary/aromatic N) is 1. The van der Waals surface area contributed by atoms with E-state index in [1.807, 2.05) is 0 Å². The molecule has 98 valence electrons. The van der Waals surface area contributed by atoms with E-state index in [9.17, 15) is 13.6 Å². The number of primary amides is 1. The average molecular weight is 284 g/mol. The number of hydrogen-bond donors (Lipinski definition) is 2.